The minimum Gasteiger partial charge on any atom is -0.512 e. The summed E-state index contributed by atoms with van der Waals surface area (Å²) < 4.78 is 97.2. The second kappa shape index (κ2) is 53.6. The standard InChI is InChI=1S/C20H12.C12H5F2N2.3C12H8N2.2C8H5F3O2S.C6H5NO2.C5H8O2.Dy.Eu.2Ir.Tb/c1-2-8-17-14-18(13-12-15(17)6-1)20-11-5-9-16-7-3-4-10-19(16)20;1-15-12-9(13)6-5-8(11(12)14)10-4-2-3-7-16-10;3*1-3-9-5-6-10-4-2-8-14-12(10)11(9)13-7-1;2*9-8(10,11)7(13)4-5(12)6-2-1-3-14-6;8-6(9)5-3-1-2-4-7-5;1-4(6)3-5(2)7;;;;;/h1-10,12,14H;2-4,6-7H;3*1-8H;2*1-4,12H;1-4H,(H,8,9);3,6H,1-2H3;;;;;/q-2;-1;;;;;;;;;;;;. The van der Waals surface area contributed by atoms with Gasteiger partial charge in [0.05, 0.1) is 55.2 Å². The number of carboxylic acids is 1. The number of carbonyl (C=O) groups excluding carboxylic acids is 3. The molecule has 652 valence electrons. The van der Waals surface area contributed by atoms with E-state index in [9.17, 15) is 54.3 Å². The molecule has 4 radical (unpaired) electrons. The molecule has 10 heterocycles. The average molecular weight is 2530 g/mol. The molecule has 0 fully saturated rings. The maximum absolute atomic E-state index is 13.7. The molecule has 8 aromatic carbocycles. The number of ketones is 3. The molecule has 4 N–H and O–H groups in total. The number of carbonyl (C=O) groups is 4. The molecule has 0 saturated carbocycles. The van der Waals surface area contributed by atoms with Gasteiger partial charge in [0, 0.05) is 278 Å². The third-order valence-corrected chi connectivity index (χ3v) is 18.5. The van der Waals surface area contributed by atoms with Crippen molar-refractivity contribution < 1.29 is 241 Å². The average Bonchev–Trinajstić information content (AvgIpc) is 0.926. The summed E-state index contributed by atoms with van der Waals surface area (Å²) in [5.74, 6) is -8.35. The van der Waals surface area contributed by atoms with Crippen molar-refractivity contribution >= 4 is 150 Å². The van der Waals surface area contributed by atoms with Crippen molar-refractivity contribution in [1.29, 1.82) is 0 Å². The van der Waals surface area contributed by atoms with Gasteiger partial charge < -0.3 is 25.4 Å². The Morgan fingerprint density at radius 1 is 0.417 bits per heavy atom. The van der Waals surface area contributed by atoms with Crippen molar-refractivity contribution in [2.75, 3.05) is 0 Å². The van der Waals surface area contributed by atoms with E-state index >= 15 is 0 Å². The van der Waals surface area contributed by atoms with Gasteiger partial charge >= 0.3 is 18.3 Å². The SMILES string of the molecule is CC(=O)C=C(C)O.O=C(C=C(O)c1cccs1)C(F)(F)F.O=C(C=C(O)c1cccs1)C(F)(F)F.O=C(O)c1ccccn1.[C-]#[N+]c1c(F)c[c-]c(-c2ccccn2)c1F.[Dy].[Eu].[Ir].[Ir].[Tb].[c-]1cc2ccccc2cc1-c1[c-]ccc2ccccc12.c1cnc2c(c1)ccc1cccnc12.c1cnc2c(c1)ccc1cccnc12.c1cnc2c(c1)ccc1cccnc12. The van der Waals surface area contributed by atoms with Gasteiger partial charge in [-0.25, -0.2) is 20.9 Å². The molecule has 0 unspecified atom stereocenters. The van der Waals surface area contributed by atoms with Crippen LogP contribution in [0.25, 0.3) is 126 Å². The predicted molar refractivity (Wildman–Crippen MR) is 461 cm³/mol. The predicted octanol–water partition coefficient (Wildman–Crippen LogP) is 24.4. The number of nitrogens with zero attached hydrogens (tertiary/aromatic N) is 9. The van der Waals surface area contributed by atoms with Crippen molar-refractivity contribution in [2.24, 2.45) is 0 Å². The van der Waals surface area contributed by atoms with E-state index in [1.54, 1.807) is 90.4 Å². The fourth-order valence-electron chi connectivity index (χ4n) is 11.2. The molecule has 0 aliphatic carbocycles. The zero-order valence-electron chi connectivity index (χ0n) is 65.7. The largest absolute Gasteiger partial charge is 0.512 e. The van der Waals surface area contributed by atoms with Crippen LogP contribution >= 0.6 is 22.7 Å². The summed E-state index contributed by atoms with van der Waals surface area (Å²) in [6.45, 7) is 9.54. The van der Waals surface area contributed by atoms with Gasteiger partial charge in [-0.2, -0.15) is 50.6 Å². The Kier molecular flexibility index (Phi) is 45.4. The minimum atomic E-state index is -4.94. The molecule has 18 aromatic rings. The summed E-state index contributed by atoms with van der Waals surface area (Å²) in [5.41, 5.74) is 7.87. The number of aromatic carboxylic acids is 1. The molecule has 10 aromatic heterocycles. The molecule has 0 aliphatic rings. The Balaban J connectivity index is 0.000000255. The molecule has 32 heteroatoms. The third-order valence-electron chi connectivity index (χ3n) is 16.7. The Morgan fingerprint density at radius 2 is 0.795 bits per heavy atom. The number of aliphatic hydroxyl groups is 3. The van der Waals surface area contributed by atoms with Crippen LogP contribution in [-0.2, 0) is 54.6 Å². The number of rotatable bonds is 8. The molecule has 0 atom stereocenters. The van der Waals surface area contributed by atoms with E-state index in [0.717, 1.165) is 105 Å². The van der Waals surface area contributed by atoms with Gasteiger partial charge in [0.25, 0.3) is 11.6 Å². The fourth-order valence-corrected chi connectivity index (χ4v) is 12.5. The van der Waals surface area contributed by atoms with Crippen LogP contribution < -0.4 is 0 Å². The first-order valence-electron chi connectivity index (χ1n) is 36.1. The molecule has 0 amide bonds. The molecule has 0 saturated heterocycles. The number of allylic oxidation sites excluding steroid dienone is 4. The van der Waals surface area contributed by atoms with Crippen molar-refractivity contribution in [3.8, 4) is 22.4 Å². The van der Waals surface area contributed by atoms with Gasteiger partial charge in [-0.05, 0) is 97.0 Å². The second-order valence-electron chi connectivity index (χ2n) is 25.2. The molecular weight excluding hydrogens is 2470 g/mol. The monoisotopic (exact) mass is 2540 g/mol. The zero-order chi connectivity index (χ0) is 87.1. The van der Waals surface area contributed by atoms with Crippen LogP contribution in [-0.4, -0.2) is 96.0 Å². The van der Waals surface area contributed by atoms with Gasteiger partial charge in [0.2, 0.25) is 0 Å². The summed E-state index contributed by atoms with van der Waals surface area (Å²) in [7, 11) is 0. The molecule has 0 aliphatic heterocycles. The molecule has 17 nitrogen and oxygen atoms in total. The quantitative estimate of drug-likeness (QED) is 0.0362. The van der Waals surface area contributed by atoms with E-state index in [-0.39, 0.29) is 211 Å². The molecule has 18 rings (SSSR count). The Labute approximate surface area is 858 Å². The van der Waals surface area contributed by atoms with E-state index in [4.69, 9.17) is 27.0 Å². The Morgan fingerprint density at radius 3 is 1.13 bits per heavy atom. The zero-order valence-corrected chi connectivity index (χ0v) is 78.7. The van der Waals surface area contributed by atoms with E-state index in [0.29, 0.717) is 5.69 Å². The second-order valence-corrected chi connectivity index (χ2v) is 27.1. The summed E-state index contributed by atoms with van der Waals surface area (Å²) >= 11 is 2.09. The summed E-state index contributed by atoms with van der Waals surface area (Å²) in [6.07, 6.45) is 5.38. The number of thiophene rings is 2. The van der Waals surface area contributed by atoms with Crippen LogP contribution in [0.2, 0.25) is 0 Å². The van der Waals surface area contributed by atoms with Crippen LogP contribution in [0.3, 0.4) is 0 Å². The van der Waals surface area contributed by atoms with Crippen molar-refractivity contribution in [3.05, 3.63) is 390 Å². The normalized spacial score (nSPS) is 10.7. The smallest absolute Gasteiger partial charge is 0.454 e. The van der Waals surface area contributed by atoms with E-state index in [1.807, 2.05) is 42.5 Å². The number of hydrogen-bond donors (Lipinski definition) is 4. The van der Waals surface area contributed by atoms with Crippen LogP contribution in [0.1, 0.15) is 34.1 Å². The number of carboxylic acid groups (broad SMARTS) is 1. The van der Waals surface area contributed by atoms with Crippen LogP contribution in [0.15, 0.2) is 333 Å². The summed E-state index contributed by atoms with van der Waals surface area (Å²) in [5, 5.41) is 49.8. The maximum atomic E-state index is 13.7. The van der Waals surface area contributed by atoms with Crippen molar-refractivity contribution in [2.45, 2.75) is 26.2 Å². The van der Waals surface area contributed by atoms with E-state index < -0.39 is 58.7 Å². The number of benzene rings is 8. The van der Waals surface area contributed by atoms with Crippen LogP contribution in [0, 0.1) is 163 Å². The van der Waals surface area contributed by atoms with Crippen LogP contribution in [0.5, 0.6) is 0 Å². The maximum Gasteiger partial charge on any atom is 0.454 e. The fraction of sp³-hybridized carbons (Fsp3) is 0.0421. The van der Waals surface area contributed by atoms with Crippen LogP contribution in [0.4, 0.5) is 40.8 Å². The third kappa shape index (κ3) is 32.0. The Hall–Kier alpha value is -10.1. The molecular formula is C95H64DyEuF8Ir2N9O8S2Tb-3. The number of aromatic nitrogens is 8. The number of halogens is 8. The topological polar surface area (TPSA) is 257 Å². The van der Waals surface area contributed by atoms with Gasteiger partial charge in [0.1, 0.15) is 17.2 Å². The first-order chi connectivity index (χ1) is 58.8. The van der Waals surface area contributed by atoms with Gasteiger partial charge in [-0.15, -0.1) is 80.1 Å². The number of aliphatic hydroxyl groups excluding tert-OH is 3. The summed E-state index contributed by atoms with van der Waals surface area (Å²) in [4.78, 5) is 77.8. The minimum absolute atomic E-state index is 0. The molecule has 127 heavy (non-hydrogen) atoms. The van der Waals surface area contributed by atoms with Gasteiger partial charge in [0.15, 0.2) is 11.5 Å². The number of fused-ring (bicyclic) bond motifs is 11. The van der Waals surface area contributed by atoms with E-state index in [2.05, 4.69) is 202 Å². The Bertz CT molecular complexity index is 6330. The molecule has 0 spiro atoms. The number of alkyl halides is 6. The number of pyridine rings is 8. The van der Waals surface area contributed by atoms with Gasteiger partial charge in [-0.3, -0.25) is 57.9 Å². The first kappa shape index (κ1) is 107. The number of hydrogen-bond acceptors (Lipinski definition) is 17. The summed E-state index contributed by atoms with van der Waals surface area (Å²) in [6, 6.07) is 87.3. The van der Waals surface area contributed by atoms with Crippen molar-refractivity contribution in [1.82, 2.24) is 39.9 Å². The van der Waals surface area contributed by atoms with Gasteiger partial charge in [-0.1, -0.05) is 146 Å². The first-order valence-corrected chi connectivity index (χ1v) is 37.9. The molecule has 0 bridgehead atoms. The van der Waals surface area contributed by atoms with E-state index in [1.165, 1.54) is 72.1 Å². The van der Waals surface area contributed by atoms with Crippen molar-refractivity contribution in [3.63, 3.8) is 0 Å².